The van der Waals surface area contributed by atoms with Crippen molar-refractivity contribution in [1.29, 1.82) is 0 Å². The minimum atomic E-state index is -0.0438. The number of anilines is 1. The van der Waals surface area contributed by atoms with Crippen molar-refractivity contribution in [1.82, 2.24) is 4.98 Å². The van der Waals surface area contributed by atoms with E-state index in [2.05, 4.69) is 4.98 Å². The molecule has 0 radical (unpaired) electrons. The molecule has 0 saturated heterocycles. The number of amides is 1. The molecule has 0 aliphatic heterocycles. The van der Waals surface area contributed by atoms with E-state index in [1.165, 1.54) is 0 Å². The molecular weight excluding hydrogens is 246 g/mol. The van der Waals surface area contributed by atoms with Crippen molar-refractivity contribution < 1.29 is 4.79 Å². The van der Waals surface area contributed by atoms with Crippen molar-refractivity contribution in [3.63, 3.8) is 0 Å². The summed E-state index contributed by atoms with van der Waals surface area (Å²) in [5, 5.41) is 2.94. The molecule has 4 nitrogen and oxygen atoms in total. The maximum absolute atomic E-state index is 12.3. The summed E-state index contributed by atoms with van der Waals surface area (Å²) >= 11 is 1.56. The van der Waals surface area contributed by atoms with Crippen molar-refractivity contribution in [2.75, 3.05) is 11.9 Å². The third-order valence-electron chi connectivity index (χ3n) is 2.72. The Morgan fingerprint density at radius 1 is 1.50 bits per heavy atom. The van der Waals surface area contributed by atoms with Crippen molar-refractivity contribution in [3.8, 4) is 0 Å². The lowest BCUT2D eigenvalue weighted by Gasteiger charge is -2.16. The first-order valence-electron chi connectivity index (χ1n) is 5.60. The molecule has 0 unspecified atom stereocenters. The van der Waals surface area contributed by atoms with Crippen LogP contribution >= 0.6 is 11.3 Å². The highest BCUT2D eigenvalue weighted by atomic mass is 32.1. The van der Waals surface area contributed by atoms with E-state index >= 15 is 0 Å². The highest BCUT2D eigenvalue weighted by Gasteiger charge is 2.16. The third-order valence-corrected chi connectivity index (χ3v) is 3.81. The van der Waals surface area contributed by atoms with Crippen LogP contribution < -0.4 is 10.6 Å². The molecule has 18 heavy (non-hydrogen) atoms. The molecule has 0 aliphatic carbocycles. The van der Waals surface area contributed by atoms with Gasteiger partial charge in [-0.3, -0.25) is 9.78 Å². The molecule has 1 amide bonds. The number of pyridine rings is 1. The van der Waals surface area contributed by atoms with Crippen LogP contribution in [-0.4, -0.2) is 17.9 Å². The highest BCUT2D eigenvalue weighted by molar-refractivity contribution is 7.14. The number of carbonyl (C=O) groups is 1. The van der Waals surface area contributed by atoms with Crippen LogP contribution in [0.25, 0.3) is 0 Å². The number of hydrogen-bond acceptors (Lipinski definition) is 4. The quantitative estimate of drug-likeness (QED) is 0.921. The Bertz CT molecular complexity index is 565. The van der Waals surface area contributed by atoms with Gasteiger partial charge in [0.2, 0.25) is 0 Å². The third kappa shape index (κ3) is 2.42. The van der Waals surface area contributed by atoms with E-state index in [4.69, 9.17) is 5.73 Å². The minimum Gasteiger partial charge on any atom is -0.325 e. The Balaban J connectivity index is 2.28. The SMILES string of the molecule is Cc1ccsc1N(C)C(=O)c1ccnc(CN)c1. The number of carbonyl (C=O) groups excluding carboxylic acids is 1. The van der Waals surface area contributed by atoms with Gasteiger partial charge in [0, 0.05) is 25.4 Å². The van der Waals surface area contributed by atoms with Gasteiger partial charge in [0.25, 0.3) is 5.91 Å². The Hall–Kier alpha value is -1.72. The van der Waals surface area contributed by atoms with E-state index in [0.717, 1.165) is 16.3 Å². The van der Waals surface area contributed by atoms with Gasteiger partial charge in [-0.25, -0.2) is 0 Å². The standard InChI is InChI=1S/C13H15N3OS/c1-9-4-6-18-13(9)16(2)12(17)10-3-5-15-11(7-10)8-14/h3-7H,8,14H2,1-2H3. The monoisotopic (exact) mass is 261 g/mol. The Labute approximate surface area is 110 Å². The van der Waals surface area contributed by atoms with Crippen LogP contribution in [0.4, 0.5) is 5.00 Å². The molecule has 2 aromatic heterocycles. The van der Waals surface area contributed by atoms with E-state index < -0.39 is 0 Å². The van der Waals surface area contributed by atoms with Gasteiger partial charge in [-0.05, 0) is 36.1 Å². The maximum atomic E-state index is 12.3. The summed E-state index contributed by atoms with van der Waals surface area (Å²) in [6, 6.07) is 5.45. The number of nitrogens with two attached hydrogens (primary N) is 1. The fraction of sp³-hybridized carbons (Fsp3) is 0.231. The van der Waals surface area contributed by atoms with Gasteiger partial charge in [-0.15, -0.1) is 11.3 Å². The molecule has 0 aromatic carbocycles. The molecule has 0 fully saturated rings. The van der Waals surface area contributed by atoms with Gasteiger partial charge in [0.15, 0.2) is 0 Å². The van der Waals surface area contributed by atoms with Crippen LogP contribution in [0.15, 0.2) is 29.8 Å². The number of nitrogens with zero attached hydrogens (tertiary/aromatic N) is 2. The average molecular weight is 261 g/mol. The van der Waals surface area contributed by atoms with E-state index in [-0.39, 0.29) is 5.91 Å². The molecule has 2 aromatic rings. The molecule has 0 spiro atoms. The smallest absolute Gasteiger partial charge is 0.258 e. The zero-order valence-corrected chi connectivity index (χ0v) is 11.2. The number of aromatic nitrogens is 1. The summed E-state index contributed by atoms with van der Waals surface area (Å²) in [6.45, 7) is 2.33. The van der Waals surface area contributed by atoms with E-state index in [9.17, 15) is 4.79 Å². The van der Waals surface area contributed by atoms with Crippen LogP contribution in [0.3, 0.4) is 0 Å². The first-order valence-corrected chi connectivity index (χ1v) is 6.48. The summed E-state index contributed by atoms with van der Waals surface area (Å²) in [5.41, 5.74) is 7.96. The van der Waals surface area contributed by atoms with E-state index in [1.54, 1.807) is 41.6 Å². The molecule has 5 heteroatoms. The van der Waals surface area contributed by atoms with Gasteiger partial charge >= 0.3 is 0 Å². The fourth-order valence-electron chi connectivity index (χ4n) is 1.72. The Morgan fingerprint density at radius 2 is 2.28 bits per heavy atom. The molecule has 0 bridgehead atoms. The number of aryl methyl sites for hydroxylation is 1. The number of rotatable bonds is 3. The van der Waals surface area contributed by atoms with E-state index in [1.807, 2.05) is 18.4 Å². The highest BCUT2D eigenvalue weighted by Crippen LogP contribution is 2.26. The average Bonchev–Trinajstić information content (AvgIpc) is 2.83. The van der Waals surface area contributed by atoms with Crippen LogP contribution in [0.1, 0.15) is 21.6 Å². The predicted molar refractivity (Wildman–Crippen MR) is 73.9 cm³/mol. The van der Waals surface area contributed by atoms with Gasteiger partial charge < -0.3 is 10.6 Å². The molecule has 0 atom stereocenters. The molecule has 2 rings (SSSR count). The molecule has 2 N–H and O–H groups in total. The lowest BCUT2D eigenvalue weighted by atomic mass is 10.2. The summed E-state index contributed by atoms with van der Waals surface area (Å²) in [7, 11) is 1.78. The van der Waals surface area contributed by atoms with Crippen molar-refractivity contribution in [3.05, 3.63) is 46.6 Å². The van der Waals surface area contributed by atoms with E-state index in [0.29, 0.717) is 12.1 Å². The van der Waals surface area contributed by atoms with Gasteiger partial charge in [0.05, 0.1) is 5.69 Å². The summed E-state index contributed by atoms with van der Waals surface area (Å²) < 4.78 is 0. The molecule has 0 aliphatic rings. The largest absolute Gasteiger partial charge is 0.325 e. The van der Waals surface area contributed by atoms with Gasteiger partial charge in [-0.2, -0.15) is 0 Å². The molecule has 94 valence electrons. The lowest BCUT2D eigenvalue weighted by molar-refractivity contribution is 0.0993. The first kappa shape index (κ1) is 12.7. The zero-order valence-electron chi connectivity index (χ0n) is 10.4. The fourth-order valence-corrected chi connectivity index (χ4v) is 2.61. The second-order valence-electron chi connectivity index (χ2n) is 4.01. The molecule has 2 heterocycles. The summed E-state index contributed by atoms with van der Waals surface area (Å²) in [5.74, 6) is -0.0438. The minimum absolute atomic E-state index is 0.0438. The van der Waals surface area contributed by atoms with Crippen LogP contribution in [0, 0.1) is 6.92 Å². The summed E-state index contributed by atoms with van der Waals surface area (Å²) in [6.07, 6.45) is 1.62. The summed E-state index contributed by atoms with van der Waals surface area (Å²) in [4.78, 5) is 18.1. The molecule has 0 saturated carbocycles. The van der Waals surface area contributed by atoms with Crippen molar-refractivity contribution in [2.24, 2.45) is 5.73 Å². The zero-order chi connectivity index (χ0) is 13.1. The van der Waals surface area contributed by atoms with Crippen LogP contribution in [0.5, 0.6) is 0 Å². The Morgan fingerprint density at radius 3 is 2.89 bits per heavy atom. The predicted octanol–water partition coefficient (Wildman–Crippen LogP) is 2.19. The van der Waals surface area contributed by atoms with Crippen LogP contribution in [0.2, 0.25) is 0 Å². The first-order chi connectivity index (χ1) is 8.63. The second-order valence-corrected chi connectivity index (χ2v) is 4.91. The number of thiophene rings is 1. The molecular formula is C13H15N3OS. The normalized spacial score (nSPS) is 10.4. The maximum Gasteiger partial charge on any atom is 0.258 e. The lowest BCUT2D eigenvalue weighted by Crippen LogP contribution is -2.26. The van der Waals surface area contributed by atoms with Crippen molar-refractivity contribution in [2.45, 2.75) is 13.5 Å². The van der Waals surface area contributed by atoms with Gasteiger partial charge in [0.1, 0.15) is 5.00 Å². The number of hydrogen-bond donors (Lipinski definition) is 1. The van der Waals surface area contributed by atoms with Crippen molar-refractivity contribution >= 4 is 22.2 Å². The van der Waals surface area contributed by atoms with Crippen LogP contribution in [-0.2, 0) is 6.54 Å². The Kier molecular flexibility index (Phi) is 3.74. The topological polar surface area (TPSA) is 59.2 Å². The van der Waals surface area contributed by atoms with Gasteiger partial charge in [-0.1, -0.05) is 0 Å². The second kappa shape index (κ2) is 5.29.